The van der Waals surface area contributed by atoms with Crippen molar-refractivity contribution < 1.29 is 0 Å². The fourth-order valence-corrected chi connectivity index (χ4v) is 5.09. The molecule has 0 bridgehead atoms. The van der Waals surface area contributed by atoms with Gasteiger partial charge in [-0.2, -0.15) is 0 Å². The van der Waals surface area contributed by atoms with Crippen LogP contribution >= 0.6 is 0 Å². The topological polar surface area (TPSA) is 64.5 Å². The highest BCUT2D eigenvalue weighted by molar-refractivity contribution is 6.04. The normalized spacial score (nSPS) is 11.2. The van der Waals surface area contributed by atoms with E-state index in [1.807, 2.05) is 55.5 Å². The van der Waals surface area contributed by atoms with E-state index < -0.39 is 0 Å². The minimum absolute atomic E-state index is 0.593. The van der Waals surface area contributed by atoms with E-state index in [1.54, 1.807) is 6.20 Å². The van der Waals surface area contributed by atoms with Gasteiger partial charge in [-0.25, -0.2) is 15.0 Å². The van der Waals surface area contributed by atoms with Crippen LogP contribution in [-0.4, -0.2) is 24.9 Å². The summed E-state index contributed by atoms with van der Waals surface area (Å²) in [6, 6.07) is 37.0. The lowest BCUT2D eigenvalue weighted by Gasteiger charge is -2.12. The summed E-state index contributed by atoms with van der Waals surface area (Å²) in [6.45, 7) is 4.15. The molecule has 7 rings (SSSR count). The molecule has 0 saturated heterocycles. The molecule has 0 radical (unpaired) electrons. The third kappa shape index (κ3) is 4.37. The summed E-state index contributed by atoms with van der Waals surface area (Å²) in [7, 11) is 0. The number of hydrogen-bond donors (Lipinski definition) is 0. The minimum Gasteiger partial charge on any atom is -0.253 e. The number of aryl methyl sites for hydroxylation is 2. The molecule has 0 spiro atoms. The van der Waals surface area contributed by atoms with Crippen LogP contribution in [0.3, 0.4) is 0 Å². The van der Waals surface area contributed by atoms with Crippen molar-refractivity contribution in [3.05, 3.63) is 127 Å². The molecule has 0 aliphatic rings. The van der Waals surface area contributed by atoms with E-state index in [2.05, 4.69) is 72.6 Å². The van der Waals surface area contributed by atoms with E-state index in [4.69, 9.17) is 19.9 Å². The van der Waals surface area contributed by atoms with Crippen LogP contribution in [0.15, 0.2) is 115 Å². The number of aromatic nitrogens is 5. The van der Waals surface area contributed by atoms with Crippen LogP contribution in [0.5, 0.6) is 0 Å². The monoisotopic (exact) mass is 515 g/mol. The minimum atomic E-state index is 0.593. The molecule has 0 aliphatic heterocycles. The van der Waals surface area contributed by atoms with Gasteiger partial charge in [-0.3, -0.25) is 9.97 Å². The van der Waals surface area contributed by atoms with Crippen molar-refractivity contribution in [2.45, 2.75) is 13.8 Å². The van der Waals surface area contributed by atoms with Crippen molar-refractivity contribution in [2.24, 2.45) is 0 Å². The first-order chi connectivity index (χ1) is 19.6. The van der Waals surface area contributed by atoms with Crippen molar-refractivity contribution >= 4 is 21.8 Å². The lowest BCUT2D eigenvalue weighted by Crippen LogP contribution is -1.97. The van der Waals surface area contributed by atoms with E-state index in [-0.39, 0.29) is 0 Å². The number of rotatable bonds is 4. The summed E-state index contributed by atoms with van der Waals surface area (Å²) in [5.74, 6) is 0.593. The molecule has 0 unspecified atom stereocenters. The molecule has 0 amide bonds. The van der Waals surface area contributed by atoms with Gasteiger partial charge >= 0.3 is 0 Å². The van der Waals surface area contributed by atoms with Gasteiger partial charge in [-0.1, -0.05) is 72.8 Å². The van der Waals surface area contributed by atoms with Crippen molar-refractivity contribution in [1.82, 2.24) is 24.9 Å². The van der Waals surface area contributed by atoms with Crippen LogP contribution in [0.1, 0.15) is 11.3 Å². The number of fused-ring (bicyclic) bond motifs is 3. The average Bonchev–Trinajstić information content (AvgIpc) is 3.01. The van der Waals surface area contributed by atoms with Crippen LogP contribution in [0.2, 0.25) is 0 Å². The summed E-state index contributed by atoms with van der Waals surface area (Å²) < 4.78 is 0. The molecule has 4 aromatic heterocycles. The van der Waals surface area contributed by atoms with Crippen molar-refractivity contribution in [3.63, 3.8) is 0 Å². The first-order valence-electron chi connectivity index (χ1n) is 13.3. The Morgan fingerprint density at radius 1 is 0.475 bits per heavy atom. The SMILES string of the molecule is Cc1ccc2ccc3c(C)cc(-c4cccc(-c5cc(-c6ccccc6)nc(-c6ccccn6)n5)c4)nc3c2n1. The highest BCUT2D eigenvalue weighted by Crippen LogP contribution is 2.32. The Balaban J connectivity index is 1.39. The average molecular weight is 516 g/mol. The van der Waals surface area contributed by atoms with Gasteiger partial charge in [-0.05, 0) is 55.8 Å². The highest BCUT2D eigenvalue weighted by atomic mass is 14.9. The number of pyridine rings is 3. The molecular formula is C35H25N5. The second-order valence-electron chi connectivity index (χ2n) is 9.93. The first-order valence-corrected chi connectivity index (χ1v) is 13.3. The molecule has 0 saturated carbocycles. The van der Waals surface area contributed by atoms with Crippen LogP contribution in [0, 0.1) is 13.8 Å². The maximum atomic E-state index is 5.14. The van der Waals surface area contributed by atoms with Gasteiger partial charge in [0.05, 0.1) is 28.1 Å². The molecule has 190 valence electrons. The summed E-state index contributed by atoms with van der Waals surface area (Å²) in [4.78, 5) is 24.3. The Hall–Kier alpha value is -5.29. The Morgan fingerprint density at radius 2 is 1.18 bits per heavy atom. The maximum Gasteiger partial charge on any atom is 0.179 e. The van der Waals surface area contributed by atoms with Crippen LogP contribution in [-0.2, 0) is 0 Å². The molecule has 5 nitrogen and oxygen atoms in total. The van der Waals surface area contributed by atoms with Gasteiger partial charge in [0.1, 0.15) is 5.69 Å². The summed E-state index contributed by atoms with van der Waals surface area (Å²) >= 11 is 0. The fraction of sp³-hybridized carbons (Fsp3) is 0.0571. The summed E-state index contributed by atoms with van der Waals surface area (Å²) in [5.41, 5.74) is 10.4. The second-order valence-corrected chi connectivity index (χ2v) is 9.93. The Labute approximate surface area is 232 Å². The lowest BCUT2D eigenvalue weighted by molar-refractivity contribution is 1.15. The molecule has 4 heterocycles. The molecule has 3 aromatic carbocycles. The molecule has 40 heavy (non-hydrogen) atoms. The van der Waals surface area contributed by atoms with Gasteiger partial charge in [-0.15, -0.1) is 0 Å². The van der Waals surface area contributed by atoms with Gasteiger partial charge in [0.25, 0.3) is 0 Å². The second kappa shape index (κ2) is 9.79. The highest BCUT2D eigenvalue weighted by Gasteiger charge is 2.14. The smallest absolute Gasteiger partial charge is 0.179 e. The van der Waals surface area contributed by atoms with Crippen LogP contribution in [0.25, 0.3) is 67.1 Å². The standard InChI is InChI=1S/C35H25N5/c1-22-19-30(38-34-28(22)17-16-25-15-14-23(2)37-33(25)34)26-11-8-12-27(20-26)32-21-31(24-9-4-3-5-10-24)39-35(40-32)29-13-6-7-18-36-29/h3-21H,1-2H3. The summed E-state index contributed by atoms with van der Waals surface area (Å²) in [5, 5.41) is 2.21. The quantitative estimate of drug-likeness (QED) is 0.221. The van der Waals surface area contributed by atoms with Crippen molar-refractivity contribution in [2.75, 3.05) is 0 Å². The maximum absolute atomic E-state index is 5.14. The molecule has 7 aromatic rings. The van der Waals surface area contributed by atoms with Crippen molar-refractivity contribution in [3.8, 4) is 45.3 Å². The lowest BCUT2D eigenvalue weighted by atomic mass is 10.0. The van der Waals surface area contributed by atoms with E-state index in [9.17, 15) is 0 Å². The third-order valence-corrected chi connectivity index (χ3v) is 7.13. The van der Waals surface area contributed by atoms with E-state index in [1.165, 1.54) is 5.56 Å². The Morgan fingerprint density at radius 3 is 1.95 bits per heavy atom. The first kappa shape index (κ1) is 23.8. The van der Waals surface area contributed by atoms with Gasteiger partial charge in [0, 0.05) is 39.4 Å². The molecule has 0 N–H and O–H groups in total. The molecule has 0 aliphatic carbocycles. The molecule has 0 fully saturated rings. The zero-order valence-corrected chi connectivity index (χ0v) is 22.2. The zero-order valence-electron chi connectivity index (χ0n) is 22.2. The number of hydrogen-bond acceptors (Lipinski definition) is 5. The molecular weight excluding hydrogens is 490 g/mol. The Bertz CT molecular complexity index is 1960. The largest absolute Gasteiger partial charge is 0.253 e. The number of benzene rings is 3. The third-order valence-electron chi connectivity index (χ3n) is 7.13. The fourth-order valence-electron chi connectivity index (χ4n) is 5.09. The number of nitrogens with zero attached hydrogens (tertiary/aromatic N) is 5. The van der Waals surface area contributed by atoms with E-state index in [0.29, 0.717) is 5.82 Å². The molecule has 5 heteroatoms. The summed E-state index contributed by atoms with van der Waals surface area (Å²) in [6.07, 6.45) is 1.77. The van der Waals surface area contributed by atoms with Gasteiger partial charge < -0.3 is 0 Å². The van der Waals surface area contributed by atoms with Gasteiger partial charge in [0.2, 0.25) is 0 Å². The van der Waals surface area contributed by atoms with Crippen LogP contribution < -0.4 is 0 Å². The van der Waals surface area contributed by atoms with Gasteiger partial charge in [0.15, 0.2) is 5.82 Å². The molecule has 0 atom stereocenters. The predicted octanol–water partition coefficient (Wildman–Crippen LogP) is 8.25. The van der Waals surface area contributed by atoms with Crippen molar-refractivity contribution in [1.29, 1.82) is 0 Å². The predicted molar refractivity (Wildman–Crippen MR) is 162 cm³/mol. The van der Waals surface area contributed by atoms with E-state index >= 15 is 0 Å². The zero-order chi connectivity index (χ0) is 27.1. The Kier molecular flexibility index (Phi) is 5.82. The van der Waals surface area contributed by atoms with Crippen LogP contribution in [0.4, 0.5) is 0 Å². The van der Waals surface area contributed by atoms with E-state index in [0.717, 1.165) is 67.0 Å².